The van der Waals surface area contributed by atoms with Gasteiger partial charge in [-0.1, -0.05) is 12.1 Å². The first-order valence-electron chi connectivity index (χ1n) is 8.93. The normalized spacial score (nSPS) is 10.6. The molecule has 1 amide bonds. The quantitative estimate of drug-likeness (QED) is 0.440. The van der Waals surface area contributed by atoms with Crippen molar-refractivity contribution in [3.05, 3.63) is 89.2 Å². The molecule has 2 N–H and O–H groups in total. The highest BCUT2D eigenvalue weighted by atomic mass is 16.5. The Morgan fingerprint density at radius 2 is 1.90 bits per heavy atom. The number of rotatable bonds is 8. The van der Waals surface area contributed by atoms with E-state index >= 15 is 0 Å². The lowest BCUT2D eigenvalue weighted by molar-refractivity contribution is 0.0696. The standard InChI is InChI=1S/C22H19N3O5/c1-29-20-11-16(12-24-25-21(26)18-3-2-10-23-13-18)6-9-19(20)30-14-15-4-7-17(8-5-15)22(27)28/h2-13H,14H2,1H3,(H,25,26)(H,27,28)/b24-12-. The van der Waals surface area contributed by atoms with Crippen LogP contribution in [0.2, 0.25) is 0 Å². The van der Waals surface area contributed by atoms with E-state index < -0.39 is 5.97 Å². The molecule has 0 bridgehead atoms. The van der Waals surface area contributed by atoms with Crippen molar-refractivity contribution in [1.82, 2.24) is 10.4 Å². The fourth-order valence-electron chi connectivity index (χ4n) is 2.52. The van der Waals surface area contributed by atoms with Gasteiger partial charge in [0.25, 0.3) is 5.91 Å². The number of carboxylic acid groups (broad SMARTS) is 1. The fourth-order valence-corrected chi connectivity index (χ4v) is 2.52. The van der Waals surface area contributed by atoms with E-state index in [1.807, 2.05) is 0 Å². The third-order valence-electron chi connectivity index (χ3n) is 4.09. The van der Waals surface area contributed by atoms with Gasteiger partial charge in [0.15, 0.2) is 11.5 Å². The second-order valence-electron chi connectivity index (χ2n) is 6.14. The van der Waals surface area contributed by atoms with Crippen molar-refractivity contribution in [2.75, 3.05) is 7.11 Å². The molecule has 152 valence electrons. The summed E-state index contributed by atoms with van der Waals surface area (Å²) in [4.78, 5) is 26.7. The summed E-state index contributed by atoms with van der Waals surface area (Å²) in [7, 11) is 1.52. The molecule has 3 aromatic rings. The number of pyridine rings is 1. The van der Waals surface area contributed by atoms with Gasteiger partial charge in [-0.2, -0.15) is 5.10 Å². The highest BCUT2D eigenvalue weighted by Gasteiger charge is 2.07. The average Bonchev–Trinajstić information content (AvgIpc) is 2.78. The van der Waals surface area contributed by atoms with Gasteiger partial charge in [-0.05, 0) is 53.6 Å². The van der Waals surface area contributed by atoms with Crippen LogP contribution in [0.1, 0.15) is 31.8 Å². The van der Waals surface area contributed by atoms with Gasteiger partial charge in [-0.15, -0.1) is 0 Å². The molecule has 3 rings (SSSR count). The van der Waals surface area contributed by atoms with E-state index in [0.717, 1.165) is 5.56 Å². The van der Waals surface area contributed by atoms with Gasteiger partial charge in [0.2, 0.25) is 0 Å². The molecule has 0 spiro atoms. The van der Waals surface area contributed by atoms with Crippen LogP contribution in [0.15, 0.2) is 72.1 Å². The van der Waals surface area contributed by atoms with Gasteiger partial charge in [0.1, 0.15) is 6.61 Å². The van der Waals surface area contributed by atoms with Gasteiger partial charge in [0, 0.05) is 12.4 Å². The Labute approximate surface area is 172 Å². The molecular formula is C22H19N3O5. The summed E-state index contributed by atoms with van der Waals surface area (Å²) in [6.07, 6.45) is 4.53. The number of carbonyl (C=O) groups excluding carboxylic acids is 1. The summed E-state index contributed by atoms with van der Waals surface area (Å²) in [6.45, 7) is 0.255. The number of nitrogens with one attached hydrogen (secondary N) is 1. The van der Waals surface area contributed by atoms with E-state index in [1.54, 1.807) is 48.7 Å². The molecule has 1 heterocycles. The number of benzene rings is 2. The lowest BCUT2D eigenvalue weighted by Crippen LogP contribution is -2.17. The van der Waals surface area contributed by atoms with Gasteiger partial charge in [-0.25, -0.2) is 10.2 Å². The van der Waals surface area contributed by atoms with Gasteiger partial charge in [0.05, 0.1) is 24.5 Å². The molecule has 8 nitrogen and oxygen atoms in total. The maximum absolute atomic E-state index is 11.9. The number of carboxylic acids is 1. The molecule has 0 saturated carbocycles. The Balaban J connectivity index is 1.61. The number of methoxy groups -OCH3 is 1. The minimum absolute atomic E-state index is 0.218. The van der Waals surface area contributed by atoms with Crippen molar-refractivity contribution in [2.45, 2.75) is 6.61 Å². The summed E-state index contributed by atoms with van der Waals surface area (Å²) < 4.78 is 11.1. The van der Waals surface area contributed by atoms with E-state index in [9.17, 15) is 9.59 Å². The number of amides is 1. The van der Waals surface area contributed by atoms with Crippen molar-refractivity contribution in [3.8, 4) is 11.5 Å². The highest BCUT2D eigenvalue weighted by molar-refractivity contribution is 5.94. The molecule has 0 aliphatic carbocycles. The Hall–Kier alpha value is -4.20. The molecule has 8 heteroatoms. The highest BCUT2D eigenvalue weighted by Crippen LogP contribution is 2.28. The van der Waals surface area contributed by atoms with Gasteiger partial charge in [-0.3, -0.25) is 9.78 Å². The van der Waals surface area contributed by atoms with Gasteiger partial charge >= 0.3 is 5.97 Å². The van der Waals surface area contributed by atoms with Crippen LogP contribution in [-0.2, 0) is 6.61 Å². The van der Waals surface area contributed by atoms with Crippen LogP contribution < -0.4 is 14.9 Å². The second kappa shape index (κ2) is 9.83. The predicted molar refractivity (Wildman–Crippen MR) is 110 cm³/mol. The molecule has 0 saturated heterocycles. The molecule has 0 unspecified atom stereocenters. The zero-order chi connectivity index (χ0) is 21.3. The molecule has 0 aliphatic rings. The van der Waals surface area contributed by atoms with Crippen LogP contribution in [0, 0.1) is 0 Å². The SMILES string of the molecule is COc1cc(/C=N\NC(=O)c2cccnc2)ccc1OCc1ccc(C(=O)O)cc1. The molecule has 0 radical (unpaired) electrons. The van der Waals surface area contributed by atoms with Crippen LogP contribution >= 0.6 is 0 Å². The van der Waals surface area contributed by atoms with Crippen LogP contribution in [0.3, 0.4) is 0 Å². The summed E-state index contributed by atoms with van der Waals surface area (Å²) in [5.41, 5.74) is 4.59. The predicted octanol–water partition coefficient (Wildman–Crippen LogP) is 3.13. The van der Waals surface area contributed by atoms with Crippen molar-refractivity contribution < 1.29 is 24.2 Å². The van der Waals surface area contributed by atoms with Crippen LogP contribution in [0.5, 0.6) is 11.5 Å². The number of ether oxygens (including phenoxy) is 2. The Morgan fingerprint density at radius 3 is 2.57 bits per heavy atom. The number of hydrazone groups is 1. The summed E-state index contributed by atoms with van der Waals surface area (Å²) in [5, 5.41) is 12.9. The zero-order valence-corrected chi connectivity index (χ0v) is 16.1. The zero-order valence-electron chi connectivity index (χ0n) is 16.1. The maximum Gasteiger partial charge on any atom is 0.335 e. The first kappa shape index (κ1) is 20.5. The Bertz CT molecular complexity index is 1050. The van der Waals surface area contributed by atoms with Crippen molar-refractivity contribution in [3.63, 3.8) is 0 Å². The fraction of sp³-hybridized carbons (Fsp3) is 0.0909. The van der Waals surface area contributed by atoms with E-state index in [0.29, 0.717) is 22.6 Å². The average molecular weight is 405 g/mol. The smallest absolute Gasteiger partial charge is 0.335 e. The number of aromatic carboxylic acids is 1. The number of hydrogen-bond donors (Lipinski definition) is 2. The number of carbonyl (C=O) groups is 2. The Morgan fingerprint density at radius 1 is 1.10 bits per heavy atom. The number of aromatic nitrogens is 1. The largest absolute Gasteiger partial charge is 0.493 e. The van der Waals surface area contributed by atoms with E-state index in [-0.39, 0.29) is 18.1 Å². The summed E-state index contributed by atoms with van der Waals surface area (Å²) >= 11 is 0. The van der Waals surface area contributed by atoms with Crippen LogP contribution in [0.25, 0.3) is 0 Å². The second-order valence-corrected chi connectivity index (χ2v) is 6.14. The Kier molecular flexibility index (Phi) is 6.73. The third-order valence-corrected chi connectivity index (χ3v) is 4.09. The molecule has 1 aromatic heterocycles. The number of nitrogens with zero attached hydrogens (tertiary/aromatic N) is 2. The van der Waals surface area contributed by atoms with E-state index in [1.165, 1.54) is 31.7 Å². The minimum atomic E-state index is -0.974. The molecule has 0 fully saturated rings. The molecule has 2 aromatic carbocycles. The van der Waals surface area contributed by atoms with Gasteiger partial charge < -0.3 is 14.6 Å². The van der Waals surface area contributed by atoms with E-state index in [2.05, 4.69) is 15.5 Å². The lowest BCUT2D eigenvalue weighted by atomic mass is 10.1. The molecule has 0 aliphatic heterocycles. The minimum Gasteiger partial charge on any atom is -0.493 e. The third kappa shape index (κ3) is 5.41. The molecule has 0 atom stereocenters. The van der Waals surface area contributed by atoms with E-state index in [4.69, 9.17) is 14.6 Å². The first-order valence-corrected chi connectivity index (χ1v) is 8.93. The monoisotopic (exact) mass is 405 g/mol. The van der Waals surface area contributed by atoms with Crippen LogP contribution in [-0.4, -0.2) is 35.3 Å². The topological polar surface area (TPSA) is 110 Å². The lowest BCUT2D eigenvalue weighted by Gasteiger charge is -2.11. The van der Waals surface area contributed by atoms with Crippen LogP contribution in [0.4, 0.5) is 0 Å². The van der Waals surface area contributed by atoms with Crippen molar-refractivity contribution in [1.29, 1.82) is 0 Å². The van der Waals surface area contributed by atoms with Crippen molar-refractivity contribution >= 4 is 18.1 Å². The first-order chi connectivity index (χ1) is 14.6. The summed E-state index contributed by atoms with van der Waals surface area (Å²) in [6, 6.07) is 15.0. The molecule has 30 heavy (non-hydrogen) atoms. The summed E-state index contributed by atoms with van der Waals surface area (Å²) in [5.74, 6) is -0.311. The number of hydrogen-bond acceptors (Lipinski definition) is 6. The maximum atomic E-state index is 11.9. The van der Waals surface area contributed by atoms with Crippen molar-refractivity contribution in [2.24, 2.45) is 5.10 Å². The molecular weight excluding hydrogens is 386 g/mol.